The van der Waals surface area contributed by atoms with Gasteiger partial charge in [0.05, 0.1) is 0 Å². The van der Waals surface area contributed by atoms with Crippen molar-refractivity contribution in [2.75, 3.05) is 31.5 Å². The summed E-state index contributed by atoms with van der Waals surface area (Å²) in [6, 6.07) is 15.3. The number of nitrogens with one attached hydrogen (secondary N) is 1. The fourth-order valence-electron chi connectivity index (χ4n) is 3.13. The van der Waals surface area contributed by atoms with Gasteiger partial charge in [-0.05, 0) is 41.5 Å². The van der Waals surface area contributed by atoms with Crippen molar-refractivity contribution >= 4 is 35.2 Å². The molecule has 0 unspecified atom stereocenters. The van der Waals surface area contributed by atoms with Crippen LogP contribution < -0.4 is 5.32 Å². The highest BCUT2D eigenvalue weighted by molar-refractivity contribution is 6.30. The number of halogens is 1. The van der Waals surface area contributed by atoms with Crippen molar-refractivity contribution in [1.29, 1.82) is 0 Å². The highest BCUT2D eigenvalue weighted by Crippen LogP contribution is 2.14. The van der Waals surface area contributed by atoms with Gasteiger partial charge in [-0.15, -0.1) is 0 Å². The van der Waals surface area contributed by atoms with Crippen LogP contribution in [0.5, 0.6) is 0 Å². The third kappa shape index (κ3) is 5.94. The summed E-state index contributed by atoms with van der Waals surface area (Å²) in [5.74, 6) is -0.0780. The highest BCUT2D eigenvalue weighted by Gasteiger charge is 2.19. The maximum Gasteiger partial charge on any atom is 0.246 e. The predicted molar refractivity (Wildman–Crippen MR) is 113 cm³/mol. The lowest BCUT2D eigenvalue weighted by Crippen LogP contribution is -2.47. The topological polar surface area (TPSA) is 52.7 Å². The van der Waals surface area contributed by atoms with E-state index < -0.39 is 0 Å². The molecular formula is C22H24ClN3O2. The van der Waals surface area contributed by atoms with E-state index in [9.17, 15) is 9.59 Å². The highest BCUT2D eigenvalue weighted by atomic mass is 35.5. The quantitative estimate of drug-likeness (QED) is 0.783. The molecule has 1 N–H and O–H groups in total. The van der Waals surface area contributed by atoms with Crippen molar-refractivity contribution in [3.05, 3.63) is 70.8 Å². The third-order valence-electron chi connectivity index (χ3n) is 4.65. The van der Waals surface area contributed by atoms with Gasteiger partial charge in [0.1, 0.15) is 0 Å². The number of nitrogens with zero attached hydrogens (tertiary/aromatic N) is 2. The minimum Gasteiger partial charge on any atom is -0.337 e. The van der Waals surface area contributed by atoms with Crippen molar-refractivity contribution < 1.29 is 9.59 Å². The van der Waals surface area contributed by atoms with Crippen molar-refractivity contribution in [2.24, 2.45) is 0 Å². The second kappa shape index (κ2) is 9.53. The van der Waals surface area contributed by atoms with Crippen LogP contribution in [-0.4, -0.2) is 47.8 Å². The Bertz CT molecular complexity index is 839. The average molecular weight is 398 g/mol. The number of anilines is 1. The Balaban J connectivity index is 1.47. The Kier molecular flexibility index (Phi) is 6.85. The summed E-state index contributed by atoms with van der Waals surface area (Å²) < 4.78 is 0. The number of piperazine rings is 1. The molecule has 0 atom stereocenters. The fraction of sp³-hybridized carbons (Fsp3) is 0.273. The van der Waals surface area contributed by atoms with E-state index in [0.29, 0.717) is 0 Å². The van der Waals surface area contributed by atoms with Crippen LogP contribution in [0.2, 0.25) is 5.02 Å². The van der Waals surface area contributed by atoms with E-state index in [2.05, 4.69) is 10.2 Å². The molecule has 5 nitrogen and oxygen atoms in total. The summed E-state index contributed by atoms with van der Waals surface area (Å²) in [6.45, 7) is 5.50. The van der Waals surface area contributed by atoms with E-state index in [1.165, 1.54) is 12.5 Å². The van der Waals surface area contributed by atoms with Crippen LogP contribution in [0.3, 0.4) is 0 Å². The molecule has 0 spiro atoms. The monoisotopic (exact) mass is 397 g/mol. The van der Waals surface area contributed by atoms with Gasteiger partial charge in [0.2, 0.25) is 11.8 Å². The summed E-state index contributed by atoms with van der Waals surface area (Å²) in [7, 11) is 0. The lowest BCUT2D eigenvalue weighted by Gasteiger charge is -2.34. The number of benzene rings is 2. The maximum absolute atomic E-state index is 12.4. The van der Waals surface area contributed by atoms with E-state index in [1.54, 1.807) is 12.2 Å². The zero-order valence-electron chi connectivity index (χ0n) is 15.9. The second-order valence-corrected chi connectivity index (χ2v) is 7.30. The summed E-state index contributed by atoms with van der Waals surface area (Å²) >= 11 is 5.93. The van der Waals surface area contributed by atoms with E-state index in [1.807, 2.05) is 53.4 Å². The molecule has 1 heterocycles. The van der Waals surface area contributed by atoms with E-state index in [-0.39, 0.29) is 11.8 Å². The lowest BCUT2D eigenvalue weighted by molar-refractivity contribution is -0.127. The van der Waals surface area contributed by atoms with E-state index >= 15 is 0 Å². The fourth-order valence-corrected chi connectivity index (χ4v) is 3.25. The van der Waals surface area contributed by atoms with E-state index in [0.717, 1.165) is 49.0 Å². The Morgan fingerprint density at radius 3 is 2.25 bits per heavy atom. The van der Waals surface area contributed by atoms with Crippen LogP contribution in [0.15, 0.2) is 54.6 Å². The zero-order valence-corrected chi connectivity index (χ0v) is 16.7. The minimum absolute atomic E-state index is 0.0251. The van der Waals surface area contributed by atoms with Crippen LogP contribution in [0, 0.1) is 0 Å². The molecule has 0 saturated carbocycles. The van der Waals surface area contributed by atoms with Crippen LogP contribution in [0.25, 0.3) is 6.08 Å². The summed E-state index contributed by atoms with van der Waals surface area (Å²) in [5, 5.41) is 3.47. The average Bonchev–Trinajstić information content (AvgIpc) is 2.69. The first-order valence-corrected chi connectivity index (χ1v) is 9.69. The van der Waals surface area contributed by atoms with Crippen LogP contribution in [-0.2, 0) is 16.1 Å². The van der Waals surface area contributed by atoms with Gasteiger partial charge in [-0.1, -0.05) is 35.9 Å². The SMILES string of the molecule is CC(=O)Nc1ccc(/C=C/C(=O)N2CCN(Cc3ccc(Cl)cc3)CC2)cc1. The molecule has 0 aliphatic carbocycles. The number of carbonyl (C=O) groups is 2. The number of carbonyl (C=O) groups excluding carboxylic acids is 2. The molecule has 2 aromatic rings. The predicted octanol–water partition coefficient (Wildman–Crippen LogP) is 3.66. The molecule has 0 radical (unpaired) electrons. The van der Waals surface area contributed by atoms with Gasteiger partial charge in [-0.3, -0.25) is 14.5 Å². The maximum atomic E-state index is 12.4. The molecule has 1 aliphatic rings. The zero-order chi connectivity index (χ0) is 19.9. The molecule has 0 aromatic heterocycles. The normalized spacial score (nSPS) is 15.0. The van der Waals surface area contributed by atoms with Crippen molar-refractivity contribution in [2.45, 2.75) is 13.5 Å². The Morgan fingerprint density at radius 2 is 1.64 bits per heavy atom. The van der Waals surface area contributed by atoms with Crippen LogP contribution in [0.1, 0.15) is 18.1 Å². The van der Waals surface area contributed by atoms with Gasteiger partial charge >= 0.3 is 0 Å². The van der Waals surface area contributed by atoms with Gasteiger partial charge in [0.15, 0.2) is 0 Å². The smallest absolute Gasteiger partial charge is 0.246 e. The number of hydrogen-bond acceptors (Lipinski definition) is 3. The molecule has 3 rings (SSSR count). The minimum atomic E-state index is -0.103. The molecule has 2 aromatic carbocycles. The Hall–Kier alpha value is -2.63. The second-order valence-electron chi connectivity index (χ2n) is 6.86. The first-order valence-electron chi connectivity index (χ1n) is 9.31. The van der Waals surface area contributed by atoms with E-state index in [4.69, 9.17) is 11.6 Å². The molecule has 0 bridgehead atoms. The van der Waals surface area contributed by atoms with Crippen molar-refractivity contribution in [3.63, 3.8) is 0 Å². The van der Waals surface area contributed by atoms with Gasteiger partial charge in [0.25, 0.3) is 0 Å². The first-order chi connectivity index (χ1) is 13.5. The van der Waals surface area contributed by atoms with Gasteiger partial charge in [0, 0.05) is 56.4 Å². The molecule has 6 heteroatoms. The Morgan fingerprint density at radius 1 is 1.00 bits per heavy atom. The summed E-state index contributed by atoms with van der Waals surface area (Å²) in [5.41, 5.74) is 2.89. The molecule has 2 amide bonds. The molecule has 1 aliphatic heterocycles. The number of amides is 2. The van der Waals surface area contributed by atoms with Gasteiger partial charge in [-0.2, -0.15) is 0 Å². The third-order valence-corrected chi connectivity index (χ3v) is 4.90. The van der Waals surface area contributed by atoms with Crippen molar-refractivity contribution in [1.82, 2.24) is 9.80 Å². The largest absolute Gasteiger partial charge is 0.337 e. The van der Waals surface area contributed by atoms with Crippen LogP contribution >= 0.6 is 11.6 Å². The molecule has 1 saturated heterocycles. The summed E-state index contributed by atoms with van der Waals surface area (Å²) in [6.07, 6.45) is 3.42. The number of rotatable bonds is 5. The number of hydrogen-bond donors (Lipinski definition) is 1. The van der Waals surface area contributed by atoms with Crippen LogP contribution in [0.4, 0.5) is 5.69 Å². The molecule has 146 valence electrons. The van der Waals surface area contributed by atoms with Gasteiger partial charge < -0.3 is 10.2 Å². The molecule has 28 heavy (non-hydrogen) atoms. The van der Waals surface area contributed by atoms with Crippen molar-refractivity contribution in [3.8, 4) is 0 Å². The molecular weight excluding hydrogens is 374 g/mol. The lowest BCUT2D eigenvalue weighted by atomic mass is 10.1. The Labute approximate surface area is 170 Å². The first kappa shape index (κ1) is 20.1. The summed E-state index contributed by atoms with van der Waals surface area (Å²) in [4.78, 5) is 27.7. The van der Waals surface area contributed by atoms with Gasteiger partial charge in [-0.25, -0.2) is 0 Å². The standard InChI is InChI=1S/C22H24ClN3O2/c1-17(27)24-21-9-4-18(5-10-21)6-11-22(28)26-14-12-25(13-15-26)16-19-2-7-20(23)8-3-19/h2-11H,12-16H2,1H3,(H,24,27)/b11-6+. The molecule has 1 fully saturated rings.